The van der Waals surface area contributed by atoms with Gasteiger partial charge in [0.1, 0.15) is 0 Å². The van der Waals surface area contributed by atoms with Crippen molar-refractivity contribution in [1.29, 1.82) is 0 Å². The molecule has 0 aliphatic heterocycles. The van der Waals surface area contributed by atoms with Crippen LogP contribution in [0.15, 0.2) is 24.3 Å². The van der Waals surface area contributed by atoms with Crippen molar-refractivity contribution in [3.63, 3.8) is 0 Å². The molecule has 0 aromatic heterocycles. The molecule has 1 rings (SSSR count). The molecule has 0 unspecified atom stereocenters. The molecule has 1 aromatic rings. The van der Waals surface area contributed by atoms with Gasteiger partial charge in [0.2, 0.25) is 5.91 Å². The largest absolute Gasteiger partial charge is 0.356 e. The molecule has 0 aliphatic rings. The van der Waals surface area contributed by atoms with Gasteiger partial charge in [-0.1, -0.05) is 19.9 Å². The van der Waals surface area contributed by atoms with Crippen LogP contribution in [0.5, 0.6) is 0 Å². The van der Waals surface area contributed by atoms with Gasteiger partial charge in [-0.2, -0.15) is 0 Å². The molecule has 2 N–H and O–H groups in total. The summed E-state index contributed by atoms with van der Waals surface area (Å²) in [6, 6.07) is 7.34. The van der Waals surface area contributed by atoms with Crippen molar-refractivity contribution in [3.8, 4) is 0 Å². The lowest BCUT2D eigenvalue weighted by atomic mass is 10.2. The van der Waals surface area contributed by atoms with E-state index in [1.165, 1.54) is 0 Å². The molecule has 104 valence electrons. The van der Waals surface area contributed by atoms with Gasteiger partial charge in [0.15, 0.2) is 0 Å². The van der Waals surface area contributed by atoms with Crippen LogP contribution in [0.25, 0.3) is 0 Å². The first-order valence-electron chi connectivity index (χ1n) is 6.29. The number of amides is 2. The number of hydrogen-bond donors (Lipinski definition) is 2. The Balaban J connectivity index is 2.29. The van der Waals surface area contributed by atoms with Crippen LogP contribution in [0.1, 0.15) is 30.6 Å². The van der Waals surface area contributed by atoms with E-state index in [1.807, 2.05) is 32.0 Å². The van der Waals surface area contributed by atoms with Crippen LogP contribution in [0.3, 0.4) is 0 Å². The maximum atomic E-state index is 11.8. The van der Waals surface area contributed by atoms with Crippen molar-refractivity contribution in [2.24, 2.45) is 5.92 Å². The fraction of sp³-hybridized carbons (Fsp3) is 0.429. The molecular formula is C14H19IN2O2. The lowest BCUT2D eigenvalue weighted by molar-refractivity contribution is -0.121. The summed E-state index contributed by atoms with van der Waals surface area (Å²) in [5, 5.41) is 5.55. The first-order chi connectivity index (χ1) is 8.99. The molecule has 2 amide bonds. The molecule has 0 fully saturated rings. The average molecular weight is 374 g/mol. The minimum absolute atomic E-state index is 0.0309. The molecule has 0 heterocycles. The molecule has 0 spiro atoms. The minimum atomic E-state index is -0.143. The summed E-state index contributed by atoms with van der Waals surface area (Å²) in [4.78, 5) is 23.3. The number of benzene rings is 1. The zero-order valence-electron chi connectivity index (χ0n) is 11.2. The molecule has 5 heteroatoms. The summed E-state index contributed by atoms with van der Waals surface area (Å²) in [6.45, 7) is 5.11. The van der Waals surface area contributed by atoms with Crippen molar-refractivity contribution in [2.45, 2.75) is 20.3 Å². The van der Waals surface area contributed by atoms with Gasteiger partial charge in [-0.05, 0) is 46.7 Å². The molecule has 0 bridgehead atoms. The predicted molar refractivity (Wildman–Crippen MR) is 84.0 cm³/mol. The van der Waals surface area contributed by atoms with E-state index in [-0.39, 0.29) is 11.8 Å². The SMILES string of the molecule is CC(C)CNC(=O)CCNC(=O)c1cccc(I)c1. The molecular weight excluding hydrogens is 355 g/mol. The zero-order valence-corrected chi connectivity index (χ0v) is 13.4. The fourth-order valence-electron chi connectivity index (χ4n) is 1.43. The predicted octanol–water partition coefficient (Wildman–Crippen LogP) is 2.18. The van der Waals surface area contributed by atoms with E-state index in [0.717, 1.165) is 3.57 Å². The Bertz CT molecular complexity index is 447. The number of carbonyl (C=O) groups excluding carboxylic acids is 2. The average Bonchev–Trinajstić information content (AvgIpc) is 2.36. The van der Waals surface area contributed by atoms with Crippen LogP contribution >= 0.6 is 22.6 Å². The van der Waals surface area contributed by atoms with E-state index in [1.54, 1.807) is 6.07 Å². The highest BCUT2D eigenvalue weighted by molar-refractivity contribution is 14.1. The van der Waals surface area contributed by atoms with Crippen molar-refractivity contribution >= 4 is 34.4 Å². The summed E-state index contributed by atoms with van der Waals surface area (Å²) in [6.07, 6.45) is 0.308. The number of carbonyl (C=O) groups is 2. The van der Waals surface area contributed by atoms with Crippen molar-refractivity contribution in [3.05, 3.63) is 33.4 Å². The van der Waals surface area contributed by atoms with E-state index in [4.69, 9.17) is 0 Å². The van der Waals surface area contributed by atoms with Crippen LogP contribution in [-0.2, 0) is 4.79 Å². The van der Waals surface area contributed by atoms with Crippen molar-refractivity contribution in [1.82, 2.24) is 10.6 Å². The molecule has 0 atom stereocenters. The lowest BCUT2D eigenvalue weighted by Crippen LogP contribution is -2.32. The van der Waals surface area contributed by atoms with Crippen molar-refractivity contribution < 1.29 is 9.59 Å². The van der Waals surface area contributed by atoms with Crippen LogP contribution in [-0.4, -0.2) is 24.9 Å². The van der Waals surface area contributed by atoms with Crippen LogP contribution in [0.4, 0.5) is 0 Å². The van der Waals surface area contributed by atoms with Gasteiger partial charge in [-0.25, -0.2) is 0 Å². The van der Waals surface area contributed by atoms with Gasteiger partial charge in [0.05, 0.1) is 0 Å². The molecule has 4 nitrogen and oxygen atoms in total. The molecule has 0 saturated carbocycles. The standard InChI is InChI=1S/C14H19IN2O2/c1-10(2)9-17-13(18)6-7-16-14(19)11-4-3-5-12(15)8-11/h3-5,8,10H,6-7,9H2,1-2H3,(H,16,19)(H,17,18). The molecule has 0 aliphatic carbocycles. The summed E-state index contributed by atoms with van der Waals surface area (Å²) in [5.74, 6) is 0.261. The van der Waals surface area contributed by atoms with Crippen LogP contribution in [0.2, 0.25) is 0 Å². The highest BCUT2D eigenvalue weighted by Gasteiger charge is 2.07. The zero-order chi connectivity index (χ0) is 14.3. The molecule has 0 radical (unpaired) electrons. The van der Waals surface area contributed by atoms with Crippen LogP contribution < -0.4 is 10.6 Å². The van der Waals surface area contributed by atoms with Gasteiger partial charge in [0.25, 0.3) is 5.91 Å². The Kier molecular flexibility index (Phi) is 6.83. The van der Waals surface area contributed by atoms with Gasteiger partial charge in [-0.3, -0.25) is 9.59 Å². The first kappa shape index (κ1) is 15.9. The third-order valence-corrected chi connectivity index (χ3v) is 3.10. The minimum Gasteiger partial charge on any atom is -0.356 e. The molecule has 1 aromatic carbocycles. The second-order valence-electron chi connectivity index (χ2n) is 4.71. The fourth-order valence-corrected chi connectivity index (χ4v) is 1.97. The second-order valence-corrected chi connectivity index (χ2v) is 5.96. The van der Waals surface area contributed by atoms with E-state index in [2.05, 4.69) is 33.2 Å². The number of hydrogen-bond acceptors (Lipinski definition) is 2. The topological polar surface area (TPSA) is 58.2 Å². The van der Waals surface area contributed by atoms with E-state index in [9.17, 15) is 9.59 Å². The van der Waals surface area contributed by atoms with Gasteiger partial charge in [-0.15, -0.1) is 0 Å². The first-order valence-corrected chi connectivity index (χ1v) is 7.37. The highest BCUT2D eigenvalue weighted by Crippen LogP contribution is 2.07. The molecule has 19 heavy (non-hydrogen) atoms. The summed E-state index contributed by atoms with van der Waals surface area (Å²) >= 11 is 2.16. The number of rotatable bonds is 6. The van der Waals surface area contributed by atoms with Gasteiger partial charge >= 0.3 is 0 Å². The quantitative estimate of drug-likeness (QED) is 0.750. The van der Waals surface area contributed by atoms with E-state index < -0.39 is 0 Å². The smallest absolute Gasteiger partial charge is 0.251 e. The third-order valence-electron chi connectivity index (χ3n) is 2.43. The van der Waals surface area contributed by atoms with E-state index in [0.29, 0.717) is 31.0 Å². The Morgan fingerprint density at radius 2 is 2.00 bits per heavy atom. The molecule has 0 saturated heterocycles. The Labute approximate surface area is 127 Å². The monoisotopic (exact) mass is 374 g/mol. The van der Waals surface area contributed by atoms with Crippen LogP contribution in [0, 0.1) is 9.49 Å². The Morgan fingerprint density at radius 1 is 1.26 bits per heavy atom. The summed E-state index contributed by atoms with van der Waals surface area (Å²) in [7, 11) is 0. The van der Waals surface area contributed by atoms with E-state index >= 15 is 0 Å². The highest BCUT2D eigenvalue weighted by atomic mass is 127. The maximum absolute atomic E-state index is 11.8. The lowest BCUT2D eigenvalue weighted by Gasteiger charge is -2.08. The van der Waals surface area contributed by atoms with Crippen molar-refractivity contribution in [2.75, 3.05) is 13.1 Å². The van der Waals surface area contributed by atoms with Gasteiger partial charge < -0.3 is 10.6 Å². The third kappa shape index (κ3) is 6.56. The number of nitrogens with one attached hydrogen (secondary N) is 2. The summed E-state index contributed by atoms with van der Waals surface area (Å²) in [5.41, 5.74) is 0.620. The summed E-state index contributed by atoms with van der Waals surface area (Å²) < 4.78 is 1.01. The number of halogens is 1. The van der Waals surface area contributed by atoms with Gasteiger partial charge in [0, 0.05) is 28.6 Å². The normalized spacial score (nSPS) is 10.3. The maximum Gasteiger partial charge on any atom is 0.251 e. The Morgan fingerprint density at radius 3 is 2.63 bits per heavy atom. The Hall–Kier alpha value is -1.11. The second kappa shape index (κ2) is 8.14.